The standard InChI is InChI=1S/C18H19N3O3/c22-17-13-24-16-9-5-4-8-15(16)21(17)11-10-19-18(23)20-12-14-6-2-1-3-7-14/h1-9H,10-13H2,(H2,19,20,23). The van der Waals surface area contributed by atoms with E-state index in [1.54, 1.807) is 4.90 Å². The van der Waals surface area contributed by atoms with Crippen LogP contribution in [0, 0.1) is 0 Å². The van der Waals surface area contributed by atoms with Crippen molar-refractivity contribution in [2.24, 2.45) is 0 Å². The molecule has 1 heterocycles. The van der Waals surface area contributed by atoms with E-state index in [2.05, 4.69) is 10.6 Å². The Hall–Kier alpha value is -3.02. The summed E-state index contributed by atoms with van der Waals surface area (Å²) < 4.78 is 5.39. The highest BCUT2D eigenvalue weighted by Gasteiger charge is 2.24. The molecule has 24 heavy (non-hydrogen) atoms. The first-order valence-corrected chi connectivity index (χ1v) is 7.82. The summed E-state index contributed by atoms with van der Waals surface area (Å²) in [6, 6.07) is 16.8. The number of hydrogen-bond donors (Lipinski definition) is 2. The second kappa shape index (κ2) is 7.50. The largest absolute Gasteiger partial charge is 0.482 e. The molecule has 0 radical (unpaired) electrons. The van der Waals surface area contributed by atoms with Gasteiger partial charge < -0.3 is 20.3 Å². The van der Waals surface area contributed by atoms with Gasteiger partial charge in [-0.05, 0) is 17.7 Å². The molecule has 0 saturated heterocycles. The molecule has 6 heteroatoms. The maximum Gasteiger partial charge on any atom is 0.315 e. The fourth-order valence-electron chi connectivity index (χ4n) is 2.52. The lowest BCUT2D eigenvalue weighted by atomic mass is 10.2. The summed E-state index contributed by atoms with van der Waals surface area (Å²) >= 11 is 0. The summed E-state index contributed by atoms with van der Waals surface area (Å²) in [4.78, 5) is 25.5. The minimum atomic E-state index is -0.257. The van der Waals surface area contributed by atoms with Gasteiger partial charge in [0, 0.05) is 19.6 Å². The predicted molar refractivity (Wildman–Crippen MR) is 91.0 cm³/mol. The quantitative estimate of drug-likeness (QED) is 0.882. The minimum Gasteiger partial charge on any atom is -0.482 e. The molecule has 2 aromatic carbocycles. The van der Waals surface area contributed by atoms with E-state index in [0.29, 0.717) is 25.4 Å². The number of para-hydroxylation sites is 2. The van der Waals surface area contributed by atoms with Crippen LogP contribution in [0.1, 0.15) is 5.56 Å². The van der Waals surface area contributed by atoms with Crippen LogP contribution in [0.5, 0.6) is 5.75 Å². The molecule has 0 fully saturated rings. The van der Waals surface area contributed by atoms with Crippen molar-refractivity contribution in [1.82, 2.24) is 10.6 Å². The fourth-order valence-corrected chi connectivity index (χ4v) is 2.52. The Kier molecular flexibility index (Phi) is 4.96. The van der Waals surface area contributed by atoms with Crippen LogP contribution < -0.4 is 20.3 Å². The Balaban J connectivity index is 1.48. The highest BCUT2D eigenvalue weighted by molar-refractivity contribution is 5.97. The van der Waals surface area contributed by atoms with E-state index in [4.69, 9.17) is 4.74 Å². The second-order valence-corrected chi connectivity index (χ2v) is 5.40. The number of urea groups is 1. The molecule has 0 bridgehead atoms. The number of amides is 3. The number of nitrogens with zero attached hydrogens (tertiary/aromatic N) is 1. The van der Waals surface area contributed by atoms with Crippen molar-refractivity contribution < 1.29 is 14.3 Å². The number of anilines is 1. The summed E-state index contributed by atoms with van der Waals surface area (Å²) in [6.07, 6.45) is 0. The number of hydrogen-bond acceptors (Lipinski definition) is 3. The monoisotopic (exact) mass is 325 g/mol. The van der Waals surface area contributed by atoms with E-state index in [-0.39, 0.29) is 18.5 Å². The van der Waals surface area contributed by atoms with Crippen molar-refractivity contribution in [3.63, 3.8) is 0 Å². The normalized spacial score (nSPS) is 13.0. The van der Waals surface area contributed by atoms with Crippen LogP contribution in [-0.4, -0.2) is 31.6 Å². The Labute approximate surface area is 140 Å². The van der Waals surface area contributed by atoms with Crippen molar-refractivity contribution in [2.75, 3.05) is 24.6 Å². The molecule has 0 atom stereocenters. The van der Waals surface area contributed by atoms with Crippen LogP contribution >= 0.6 is 0 Å². The molecular formula is C18H19N3O3. The van der Waals surface area contributed by atoms with Gasteiger partial charge >= 0.3 is 6.03 Å². The van der Waals surface area contributed by atoms with Crippen LogP contribution in [0.3, 0.4) is 0 Å². The molecule has 124 valence electrons. The zero-order valence-corrected chi connectivity index (χ0v) is 13.2. The smallest absolute Gasteiger partial charge is 0.315 e. The Morgan fingerprint density at radius 2 is 1.79 bits per heavy atom. The number of carbonyl (C=O) groups excluding carboxylic acids is 2. The summed E-state index contributed by atoms with van der Waals surface area (Å²) in [7, 11) is 0. The van der Waals surface area contributed by atoms with E-state index in [1.165, 1.54) is 0 Å². The zero-order valence-electron chi connectivity index (χ0n) is 13.2. The Morgan fingerprint density at radius 3 is 2.62 bits per heavy atom. The van der Waals surface area contributed by atoms with E-state index < -0.39 is 0 Å². The zero-order chi connectivity index (χ0) is 16.8. The van der Waals surface area contributed by atoms with E-state index >= 15 is 0 Å². The third-order valence-electron chi connectivity index (χ3n) is 3.73. The van der Waals surface area contributed by atoms with Gasteiger partial charge in [0.25, 0.3) is 5.91 Å². The highest BCUT2D eigenvalue weighted by Crippen LogP contribution is 2.30. The number of rotatable bonds is 5. The molecule has 2 aromatic rings. The lowest BCUT2D eigenvalue weighted by molar-refractivity contribution is -0.121. The van der Waals surface area contributed by atoms with Crippen LogP contribution in [0.15, 0.2) is 54.6 Å². The van der Waals surface area contributed by atoms with Crippen molar-refractivity contribution >= 4 is 17.6 Å². The molecule has 6 nitrogen and oxygen atoms in total. The maximum absolute atomic E-state index is 12.0. The van der Waals surface area contributed by atoms with Gasteiger partial charge in [0.15, 0.2) is 6.61 Å². The molecule has 0 aliphatic carbocycles. The highest BCUT2D eigenvalue weighted by atomic mass is 16.5. The predicted octanol–water partition coefficient (Wildman–Crippen LogP) is 1.91. The number of nitrogens with one attached hydrogen (secondary N) is 2. The molecule has 3 amide bonds. The van der Waals surface area contributed by atoms with Crippen molar-refractivity contribution in [3.8, 4) is 5.75 Å². The summed E-state index contributed by atoms with van der Waals surface area (Å²) in [5.74, 6) is 0.575. The third kappa shape index (κ3) is 3.84. The van der Waals surface area contributed by atoms with Crippen molar-refractivity contribution in [3.05, 3.63) is 60.2 Å². The van der Waals surface area contributed by atoms with Crippen molar-refractivity contribution in [2.45, 2.75) is 6.54 Å². The van der Waals surface area contributed by atoms with Crippen molar-refractivity contribution in [1.29, 1.82) is 0 Å². The van der Waals surface area contributed by atoms with Gasteiger partial charge in [-0.15, -0.1) is 0 Å². The van der Waals surface area contributed by atoms with Gasteiger partial charge in [0.05, 0.1) is 5.69 Å². The molecule has 0 unspecified atom stereocenters. The number of fused-ring (bicyclic) bond motifs is 1. The average molecular weight is 325 g/mol. The molecule has 1 aliphatic heterocycles. The number of benzene rings is 2. The van der Waals surface area contributed by atoms with Gasteiger partial charge in [-0.25, -0.2) is 4.79 Å². The van der Waals surface area contributed by atoms with E-state index in [1.807, 2.05) is 54.6 Å². The van der Waals surface area contributed by atoms with Crippen LogP contribution in [0.4, 0.5) is 10.5 Å². The number of carbonyl (C=O) groups is 2. The number of ether oxygens (including phenoxy) is 1. The molecule has 2 N–H and O–H groups in total. The van der Waals surface area contributed by atoms with Crippen LogP contribution in [0.2, 0.25) is 0 Å². The summed E-state index contributed by atoms with van der Waals surface area (Å²) in [6.45, 7) is 1.25. The Morgan fingerprint density at radius 1 is 1.04 bits per heavy atom. The van der Waals surface area contributed by atoms with Gasteiger partial charge in [0.2, 0.25) is 0 Å². The molecule has 3 rings (SSSR count). The SMILES string of the molecule is O=C(NCCN1C(=O)COc2ccccc21)NCc1ccccc1. The first-order valence-electron chi connectivity index (χ1n) is 7.82. The van der Waals surface area contributed by atoms with Gasteiger partial charge in [0.1, 0.15) is 5.75 Å². The van der Waals surface area contributed by atoms with E-state index in [0.717, 1.165) is 11.3 Å². The summed E-state index contributed by atoms with van der Waals surface area (Å²) in [5, 5.41) is 5.56. The van der Waals surface area contributed by atoms with E-state index in [9.17, 15) is 9.59 Å². The minimum absolute atomic E-state index is 0.0250. The lowest BCUT2D eigenvalue weighted by Gasteiger charge is -2.29. The second-order valence-electron chi connectivity index (χ2n) is 5.40. The molecule has 0 spiro atoms. The van der Waals surface area contributed by atoms with Gasteiger partial charge in [-0.2, -0.15) is 0 Å². The average Bonchev–Trinajstić information content (AvgIpc) is 2.63. The Bertz CT molecular complexity index is 718. The molecule has 1 aliphatic rings. The first-order chi connectivity index (χ1) is 11.7. The summed E-state index contributed by atoms with van der Waals surface area (Å²) in [5.41, 5.74) is 1.77. The van der Waals surface area contributed by atoms with Gasteiger partial charge in [-0.1, -0.05) is 42.5 Å². The lowest BCUT2D eigenvalue weighted by Crippen LogP contribution is -2.45. The van der Waals surface area contributed by atoms with Crippen LogP contribution in [-0.2, 0) is 11.3 Å². The topological polar surface area (TPSA) is 70.7 Å². The molecular weight excluding hydrogens is 306 g/mol. The van der Waals surface area contributed by atoms with Crippen LogP contribution in [0.25, 0.3) is 0 Å². The molecule has 0 aromatic heterocycles. The van der Waals surface area contributed by atoms with Gasteiger partial charge in [-0.3, -0.25) is 4.79 Å². The maximum atomic E-state index is 12.0. The fraction of sp³-hybridized carbons (Fsp3) is 0.222. The first kappa shape index (κ1) is 15.9. The third-order valence-corrected chi connectivity index (χ3v) is 3.73. The molecule has 0 saturated carbocycles.